The molecule has 2 aromatic carbocycles. The Kier molecular flexibility index (Phi) is 6.92. The van der Waals surface area contributed by atoms with Crippen LogP contribution in [-0.2, 0) is 0 Å². The normalized spacial score (nSPS) is 19.6. The van der Waals surface area contributed by atoms with E-state index in [1.54, 1.807) is 0 Å². The molecule has 0 amide bonds. The molecule has 5 nitrogen and oxygen atoms in total. The first-order valence-electron chi connectivity index (χ1n) is 10.1. The molecular formula is C23H22ClI2N4O-. The number of nitrogens with one attached hydrogen (secondary N) is 1. The summed E-state index contributed by atoms with van der Waals surface area (Å²) in [6.45, 7) is 2.51. The number of amidine groups is 1. The number of halogens is 3. The van der Waals surface area contributed by atoms with Crippen molar-refractivity contribution in [3.8, 4) is 5.75 Å². The van der Waals surface area contributed by atoms with Crippen molar-refractivity contribution in [1.82, 2.24) is 13.5 Å². The van der Waals surface area contributed by atoms with Crippen molar-refractivity contribution in [2.24, 2.45) is 4.99 Å². The summed E-state index contributed by atoms with van der Waals surface area (Å²) in [6.07, 6.45) is 9.05. The minimum Gasteiger partial charge on any atom is -0.0341 e. The number of hydrazine groups is 1. The molecule has 1 fully saturated rings. The third-order valence-electron chi connectivity index (χ3n) is 5.01. The van der Waals surface area contributed by atoms with Crippen molar-refractivity contribution >= 4 is 51.2 Å². The number of hydrogen-bond acceptors (Lipinski definition) is 4. The Balaban J connectivity index is 1.23. The van der Waals surface area contributed by atoms with Crippen LogP contribution in [0.5, 0.6) is 5.75 Å². The molecule has 31 heavy (non-hydrogen) atoms. The molecule has 162 valence electrons. The predicted octanol–water partition coefficient (Wildman–Crippen LogP) is 2.30. The van der Waals surface area contributed by atoms with E-state index in [2.05, 4.69) is 37.8 Å². The molecule has 8 heteroatoms. The van der Waals surface area contributed by atoms with E-state index in [-0.39, 0.29) is 42.2 Å². The number of nitrogens with zero attached hydrogens (tertiary/aromatic N) is 3. The van der Waals surface area contributed by atoms with Gasteiger partial charge in [-0.25, -0.2) is 0 Å². The Morgan fingerprint density at radius 2 is 1.97 bits per heavy atom. The van der Waals surface area contributed by atoms with Gasteiger partial charge < -0.3 is 0 Å². The zero-order valence-electron chi connectivity index (χ0n) is 16.8. The Morgan fingerprint density at radius 1 is 1.13 bits per heavy atom. The Morgan fingerprint density at radius 3 is 2.77 bits per heavy atom. The van der Waals surface area contributed by atoms with Gasteiger partial charge in [0.2, 0.25) is 0 Å². The molecule has 0 aliphatic carbocycles. The van der Waals surface area contributed by atoms with E-state index in [0.29, 0.717) is 0 Å². The molecule has 3 aliphatic rings. The molecule has 2 aromatic rings. The fraction of sp³-hybridized carbons (Fsp3) is 0.217. The molecule has 5 rings (SSSR count). The topological polar surface area (TPSA) is 40.1 Å². The van der Waals surface area contributed by atoms with Crippen molar-refractivity contribution in [2.75, 3.05) is 17.7 Å². The van der Waals surface area contributed by atoms with Crippen molar-refractivity contribution < 1.29 is 26.2 Å². The van der Waals surface area contributed by atoms with Crippen LogP contribution in [0, 0.1) is 0 Å². The van der Waals surface area contributed by atoms with Gasteiger partial charge >= 0.3 is 169 Å². The van der Waals surface area contributed by atoms with Crippen LogP contribution in [0.2, 0.25) is 5.02 Å². The van der Waals surface area contributed by atoms with Gasteiger partial charge in [-0.3, -0.25) is 0 Å². The zero-order valence-corrected chi connectivity index (χ0v) is 21.8. The molecule has 1 saturated heterocycles. The Labute approximate surface area is 208 Å². The smallest absolute Gasteiger partial charge is 0.0341 e. The summed E-state index contributed by atoms with van der Waals surface area (Å²) < 4.78 is 11.7. The van der Waals surface area contributed by atoms with E-state index < -0.39 is 0 Å². The van der Waals surface area contributed by atoms with Crippen molar-refractivity contribution in [2.45, 2.75) is 12.8 Å². The second-order valence-corrected chi connectivity index (χ2v) is 12.9. The first kappa shape index (κ1) is 21.4. The number of fused-ring (bicyclic) bond motifs is 1. The maximum atomic E-state index is 6.20. The predicted molar refractivity (Wildman–Crippen MR) is 132 cm³/mol. The molecule has 0 bridgehead atoms. The largest absolute Gasteiger partial charge is 0.0341 e. The maximum Gasteiger partial charge on any atom is -0.0341 e. The summed E-state index contributed by atoms with van der Waals surface area (Å²) >= 11 is 5.82. The molecule has 0 spiro atoms. The minimum absolute atomic E-state index is 0.00910. The second kappa shape index (κ2) is 10.0. The maximum absolute atomic E-state index is 6.20. The fourth-order valence-corrected chi connectivity index (χ4v) is 8.22. The van der Waals surface area contributed by atoms with E-state index in [4.69, 9.17) is 21.3 Å². The van der Waals surface area contributed by atoms with Gasteiger partial charge in [-0.1, -0.05) is 23.7 Å². The molecule has 0 unspecified atom stereocenters. The molecule has 3 heterocycles. The molecule has 0 radical (unpaired) electrons. The van der Waals surface area contributed by atoms with Crippen molar-refractivity contribution in [1.29, 1.82) is 0 Å². The van der Waals surface area contributed by atoms with E-state index >= 15 is 0 Å². The summed E-state index contributed by atoms with van der Waals surface area (Å²) in [4.78, 5) is 4.86. The Bertz CT molecular complexity index is 1080. The molecule has 0 saturated carbocycles. The molecule has 3 aliphatic heterocycles. The second-order valence-electron chi connectivity index (χ2n) is 7.17. The van der Waals surface area contributed by atoms with E-state index in [9.17, 15) is 0 Å². The van der Waals surface area contributed by atoms with Gasteiger partial charge in [-0.2, -0.15) is 0 Å². The molecular weight excluding hydrogens is 638 g/mol. The van der Waals surface area contributed by atoms with Crippen LogP contribution < -0.4 is 31.6 Å². The van der Waals surface area contributed by atoms with Crippen LogP contribution in [0.1, 0.15) is 18.4 Å². The van der Waals surface area contributed by atoms with Gasteiger partial charge in [0.1, 0.15) is 0 Å². The summed E-state index contributed by atoms with van der Waals surface area (Å²) in [5, 5.41) is 2.87. The average Bonchev–Trinajstić information content (AvgIpc) is 3.44. The third kappa shape index (κ3) is 5.32. The third-order valence-corrected chi connectivity index (χ3v) is 10.2. The Hall–Kier alpha value is -1.43. The van der Waals surface area contributed by atoms with Gasteiger partial charge in [0.05, 0.1) is 0 Å². The number of allylic oxidation sites excluding steroid dienone is 2. The van der Waals surface area contributed by atoms with Crippen LogP contribution in [-0.4, -0.2) is 33.3 Å². The fourth-order valence-electron chi connectivity index (χ4n) is 3.48. The molecule has 0 aromatic heterocycles. The van der Waals surface area contributed by atoms with E-state index in [0.717, 1.165) is 36.2 Å². The average molecular weight is 660 g/mol. The van der Waals surface area contributed by atoms with Gasteiger partial charge in [-0.05, 0) is 12.1 Å². The number of benzene rings is 2. The minimum atomic E-state index is -0.373. The van der Waals surface area contributed by atoms with E-state index in [1.165, 1.54) is 29.6 Å². The number of aliphatic imine (C=N–C) groups is 1. The van der Waals surface area contributed by atoms with Crippen LogP contribution >= 0.6 is 32.3 Å². The summed E-state index contributed by atoms with van der Waals surface area (Å²) in [7, 11) is 0. The summed E-state index contributed by atoms with van der Waals surface area (Å²) in [5.41, 5.74) is 6.62. The first-order chi connectivity index (χ1) is 15.2. The SMILES string of the molecule is Clc1cccc(C2=CC=CC3=IC(=Nc4ccc(OC[I-]N5CCCC5)cc4)NN23)c1. The van der Waals surface area contributed by atoms with E-state index in [1.807, 2.05) is 42.5 Å². The van der Waals surface area contributed by atoms with Gasteiger partial charge in [0.25, 0.3) is 0 Å². The number of rotatable bonds is 6. The molecule has 1 N–H and O–H groups in total. The van der Waals surface area contributed by atoms with Crippen molar-refractivity contribution in [3.63, 3.8) is 0 Å². The summed E-state index contributed by atoms with van der Waals surface area (Å²) in [5.74, 6) is 0.929. The van der Waals surface area contributed by atoms with Crippen LogP contribution in [0.4, 0.5) is 5.69 Å². The molecule has 0 atom stereocenters. The van der Waals surface area contributed by atoms with Crippen LogP contribution in [0.25, 0.3) is 5.70 Å². The van der Waals surface area contributed by atoms with Gasteiger partial charge in [0, 0.05) is 5.02 Å². The number of hydrogen-bond donors (Lipinski definition) is 1. The number of ether oxygens (including phenoxy) is 1. The standard InChI is InChI=1S/C23H22ClI2N4O/c24-18-6-3-5-17(15-18)21-7-4-8-22-26-23(28-30(21)22)27-19-9-11-20(12-10-19)31-16-25-29-13-1-2-14-29/h3-12,15H,1-2,13-14,16H2,(H,27,28)/q-1. The summed E-state index contributed by atoms with van der Waals surface area (Å²) in [6, 6.07) is 16.1. The first-order valence-corrected chi connectivity index (χ1v) is 15.2. The van der Waals surface area contributed by atoms with Gasteiger partial charge in [0.15, 0.2) is 0 Å². The number of alkyl halides is 1. The quantitative estimate of drug-likeness (QED) is 0.224. The zero-order chi connectivity index (χ0) is 21.0. The van der Waals surface area contributed by atoms with Gasteiger partial charge in [-0.15, -0.1) is 0 Å². The van der Waals surface area contributed by atoms with Crippen LogP contribution in [0.3, 0.4) is 0 Å². The monoisotopic (exact) mass is 659 g/mol. The van der Waals surface area contributed by atoms with Crippen molar-refractivity contribution in [3.05, 3.63) is 77.3 Å². The van der Waals surface area contributed by atoms with Crippen LogP contribution in [0.15, 0.2) is 71.8 Å².